The van der Waals surface area contributed by atoms with Crippen molar-refractivity contribution in [2.75, 3.05) is 18.8 Å². The number of anilines is 1. The molecule has 0 saturated heterocycles. The largest absolute Gasteiger partial charge is 0.443 e. The van der Waals surface area contributed by atoms with Crippen LogP contribution in [-0.2, 0) is 19.5 Å². The second-order valence-corrected chi connectivity index (χ2v) is 7.59. The summed E-state index contributed by atoms with van der Waals surface area (Å²) >= 11 is 0. The van der Waals surface area contributed by atoms with E-state index in [1.165, 1.54) is 17.8 Å². The van der Waals surface area contributed by atoms with Crippen LogP contribution in [0.15, 0.2) is 29.3 Å². The third-order valence-electron chi connectivity index (χ3n) is 5.20. The van der Waals surface area contributed by atoms with E-state index < -0.39 is 0 Å². The first-order valence-corrected chi connectivity index (χ1v) is 9.77. The zero-order valence-corrected chi connectivity index (χ0v) is 16.5. The number of imidazole rings is 1. The number of nitrogens with two attached hydrogens (primary N) is 1. The van der Waals surface area contributed by atoms with E-state index in [1.54, 1.807) is 16.9 Å². The minimum atomic E-state index is 0.308. The van der Waals surface area contributed by atoms with Crippen LogP contribution in [0, 0.1) is 0 Å². The van der Waals surface area contributed by atoms with Crippen molar-refractivity contribution in [2.45, 2.75) is 39.3 Å². The van der Waals surface area contributed by atoms with Gasteiger partial charge < -0.3 is 14.7 Å². The van der Waals surface area contributed by atoms with Gasteiger partial charge in [0.25, 0.3) is 0 Å². The van der Waals surface area contributed by atoms with Gasteiger partial charge in [-0.2, -0.15) is 5.10 Å². The van der Waals surface area contributed by atoms with E-state index in [4.69, 9.17) is 10.2 Å². The predicted octanol–water partition coefficient (Wildman–Crippen LogP) is 1.74. The van der Waals surface area contributed by atoms with E-state index in [2.05, 4.69) is 48.3 Å². The molecule has 10 heteroatoms. The molecule has 2 N–H and O–H groups in total. The summed E-state index contributed by atoms with van der Waals surface area (Å²) in [6, 6.07) is 0. The van der Waals surface area contributed by atoms with Gasteiger partial charge in [-0.3, -0.25) is 4.90 Å². The smallest absolute Gasteiger partial charge is 0.246 e. The third-order valence-corrected chi connectivity index (χ3v) is 5.20. The van der Waals surface area contributed by atoms with Crippen LogP contribution in [-0.4, -0.2) is 52.1 Å². The van der Waals surface area contributed by atoms with Crippen LogP contribution in [0.2, 0.25) is 0 Å². The molecule has 0 unspecified atom stereocenters. The van der Waals surface area contributed by atoms with Crippen LogP contribution in [0.3, 0.4) is 0 Å². The fourth-order valence-electron chi connectivity index (χ4n) is 3.79. The number of aromatic nitrogens is 7. The van der Waals surface area contributed by atoms with Gasteiger partial charge in [0.05, 0.1) is 18.1 Å². The summed E-state index contributed by atoms with van der Waals surface area (Å²) in [6.45, 7) is 8.10. The molecule has 1 aliphatic heterocycles. The SMILES string of the molecule is CC(C)c1ncc2n1CCN(CCc1nc3c(N)nc(-c4ncco4)cn3n1)C2. The van der Waals surface area contributed by atoms with Crippen LogP contribution >= 0.6 is 0 Å². The Morgan fingerprint density at radius 1 is 1.21 bits per heavy atom. The molecule has 4 aromatic rings. The van der Waals surface area contributed by atoms with Crippen LogP contribution in [0.25, 0.3) is 17.2 Å². The Balaban J connectivity index is 1.30. The topological polar surface area (TPSA) is 116 Å². The van der Waals surface area contributed by atoms with E-state index >= 15 is 0 Å². The maximum atomic E-state index is 6.07. The molecular formula is C19H23N9O. The number of fused-ring (bicyclic) bond motifs is 2. The average Bonchev–Trinajstić information content (AvgIpc) is 3.44. The summed E-state index contributed by atoms with van der Waals surface area (Å²) in [5.41, 5.74) is 8.42. The van der Waals surface area contributed by atoms with Crippen LogP contribution < -0.4 is 5.73 Å². The summed E-state index contributed by atoms with van der Waals surface area (Å²) < 4.78 is 9.30. The number of rotatable bonds is 5. The Kier molecular flexibility index (Phi) is 4.27. The summed E-state index contributed by atoms with van der Waals surface area (Å²) in [5.74, 6) is 3.07. The van der Waals surface area contributed by atoms with Gasteiger partial charge in [-0.05, 0) is 0 Å². The molecule has 0 atom stereocenters. The van der Waals surface area contributed by atoms with E-state index in [0.29, 0.717) is 29.0 Å². The maximum absolute atomic E-state index is 6.07. The van der Waals surface area contributed by atoms with Gasteiger partial charge in [-0.1, -0.05) is 13.8 Å². The fourth-order valence-corrected chi connectivity index (χ4v) is 3.79. The van der Waals surface area contributed by atoms with Crippen molar-refractivity contribution in [1.82, 2.24) is 39.0 Å². The molecule has 0 fully saturated rings. The van der Waals surface area contributed by atoms with Crippen molar-refractivity contribution in [3.05, 3.63) is 42.2 Å². The van der Waals surface area contributed by atoms with Gasteiger partial charge in [-0.15, -0.1) is 0 Å². The van der Waals surface area contributed by atoms with Crippen LogP contribution in [0.1, 0.15) is 37.1 Å². The van der Waals surface area contributed by atoms with Gasteiger partial charge in [0.1, 0.15) is 17.8 Å². The fraction of sp³-hybridized carbons (Fsp3) is 0.421. The van der Waals surface area contributed by atoms with Crippen LogP contribution in [0.4, 0.5) is 5.82 Å². The summed E-state index contributed by atoms with van der Waals surface area (Å²) in [4.78, 5) is 20.0. The highest BCUT2D eigenvalue weighted by molar-refractivity contribution is 5.63. The van der Waals surface area contributed by atoms with Crippen molar-refractivity contribution in [2.24, 2.45) is 0 Å². The predicted molar refractivity (Wildman–Crippen MR) is 106 cm³/mol. The molecule has 4 aromatic heterocycles. The number of nitrogen functional groups attached to an aromatic ring is 1. The summed E-state index contributed by atoms with van der Waals surface area (Å²) in [5, 5.41) is 4.57. The van der Waals surface area contributed by atoms with Crippen molar-refractivity contribution < 1.29 is 4.42 Å². The van der Waals surface area contributed by atoms with Gasteiger partial charge in [0, 0.05) is 44.7 Å². The number of oxazole rings is 1. The highest BCUT2D eigenvalue weighted by Crippen LogP contribution is 2.21. The molecule has 1 aliphatic rings. The van der Waals surface area contributed by atoms with Gasteiger partial charge in [-0.25, -0.2) is 24.5 Å². The van der Waals surface area contributed by atoms with Crippen molar-refractivity contribution in [3.8, 4) is 11.6 Å². The average molecular weight is 393 g/mol. The Morgan fingerprint density at radius 3 is 2.90 bits per heavy atom. The highest BCUT2D eigenvalue weighted by Gasteiger charge is 2.21. The summed E-state index contributed by atoms with van der Waals surface area (Å²) in [6.07, 6.45) is 7.54. The molecule has 0 aromatic carbocycles. The van der Waals surface area contributed by atoms with Gasteiger partial charge >= 0.3 is 0 Å². The lowest BCUT2D eigenvalue weighted by atomic mass is 10.2. The molecule has 0 aliphatic carbocycles. The highest BCUT2D eigenvalue weighted by atomic mass is 16.3. The van der Waals surface area contributed by atoms with E-state index in [1.807, 2.05) is 6.20 Å². The molecule has 0 radical (unpaired) electrons. The van der Waals surface area contributed by atoms with E-state index in [-0.39, 0.29) is 0 Å². The van der Waals surface area contributed by atoms with Crippen LogP contribution in [0.5, 0.6) is 0 Å². The zero-order chi connectivity index (χ0) is 20.0. The lowest BCUT2D eigenvalue weighted by molar-refractivity contribution is 0.220. The van der Waals surface area contributed by atoms with Gasteiger partial charge in [0.15, 0.2) is 17.3 Å². The quantitative estimate of drug-likeness (QED) is 0.545. The Morgan fingerprint density at radius 2 is 2.10 bits per heavy atom. The zero-order valence-electron chi connectivity index (χ0n) is 16.5. The molecule has 0 bridgehead atoms. The van der Waals surface area contributed by atoms with Crippen molar-refractivity contribution in [3.63, 3.8) is 0 Å². The maximum Gasteiger partial charge on any atom is 0.246 e. The number of hydrogen-bond acceptors (Lipinski definition) is 8. The van der Waals surface area contributed by atoms with E-state index in [0.717, 1.165) is 38.4 Å². The monoisotopic (exact) mass is 393 g/mol. The second-order valence-electron chi connectivity index (χ2n) is 7.59. The van der Waals surface area contributed by atoms with E-state index in [9.17, 15) is 0 Å². The molecule has 5 rings (SSSR count). The molecule has 10 nitrogen and oxygen atoms in total. The first-order chi connectivity index (χ1) is 14.1. The molecule has 150 valence electrons. The minimum Gasteiger partial charge on any atom is -0.443 e. The summed E-state index contributed by atoms with van der Waals surface area (Å²) in [7, 11) is 0. The molecule has 0 amide bonds. The van der Waals surface area contributed by atoms with Gasteiger partial charge in [0.2, 0.25) is 5.89 Å². The standard InChI is InChI=1S/C19H23N9O/c1-12(2)17-22-9-13-10-26(6-7-27(13)17)5-3-15-24-18-16(20)23-14(11-28(18)25-15)19-21-4-8-29-19/h4,8-9,11-12H,3,5-7,10H2,1-2H3,(H2,20,23). The van der Waals surface area contributed by atoms with Crippen molar-refractivity contribution in [1.29, 1.82) is 0 Å². The normalized spacial score (nSPS) is 14.7. The first kappa shape index (κ1) is 17.8. The molecular weight excluding hydrogens is 370 g/mol. The Labute approximate surface area is 167 Å². The molecule has 29 heavy (non-hydrogen) atoms. The second kappa shape index (κ2) is 6.96. The molecule has 0 spiro atoms. The lowest BCUT2D eigenvalue weighted by Crippen LogP contribution is -2.35. The minimum absolute atomic E-state index is 0.308. The Bertz CT molecular complexity index is 1140. The number of hydrogen-bond donors (Lipinski definition) is 1. The Hall–Kier alpha value is -3.27. The third kappa shape index (κ3) is 3.25. The first-order valence-electron chi connectivity index (χ1n) is 9.77. The lowest BCUT2D eigenvalue weighted by Gasteiger charge is -2.29. The molecule has 0 saturated carbocycles. The number of nitrogens with zero attached hydrogens (tertiary/aromatic N) is 8. The van der Waals surface area contributed by atoms with Crippen molar-refractivity contribution >= 4 is 11.5 Å². The molecule has 5 heterocycles.